The number of carbonyl (C=O) groups is 1. The molecule has 0 N–H and O–H groups in total. The van der Waals surface area contributed by atoms with Gasteiger partial charge in [0.1, 0.15) is 5.75 Å². The summed E-state index contributed by atoms with van der Waals surface area (Å²) in [5, 5.41) is 11.2. The first-order chi connectivity index (χ1) is 11.8. The van der Waals surface area contributed by atoms with Gasteiger partial charge in [0.2, 0.25) is 0 Å². The molecule has 0 bridgehead atoms. The largest absolute Gasteiger partial charge is 0.573 e. The number of carboxylic acids is 1. The van der Waals surface area contributed by atoms with E-state index in [1.54, 1.807) is 43.3 Å². The van der Waals surface area contributed by atoms with Gasteiger partial charge in [-0.15, -0.1) is 13.2 Å². The first kappa shape index (κ1) is 18.3. The van der Waals surface area contributed by atoms with Gasteiger partial charge in [0.15, 0.2) is 0 Å². The Balaban J connectivity index is 2.23. The van der Waals surface area contributed by atoms with Crippen molar-refractivity contribution in [1.29, 1.82) is 0 Å². The number of hydrogen-bond acceptors (Lipinski definition) is 3. The van der Waals surface area contributed by atoms with Gasteiger partial charge in [-0.2, -0.15) is 0 Å². The fraction of sp³-hybridized carbons (Fsp3) is 0.105. The average Bonchev–Trinajstić information content (AvgIpc) is 2.55. The first-order valence-electron chi connectivity index (χ1n) is 7.31. The molecule has 2 rings (SSSR count). The maximum absolute atomic E-state index is 12.2. The molecule has 0 aliphatic heterocycles. The topological polar surface area (TPSA) is 49.4 Å². The lowest BCUT2D eigenvalue weighted by Gasteiger charge is -2.11. The summed E-state index contributed by atoms with van der Waals surface area (Å²) in [5.74, 6) is -1.60. The number of aliphatic carboxylic acids is 1. The lowest BCUT2D eigenvalue weighted by atomic mass is 10.00. The van der Waals surface area contributed by atoms with Crippen molar-refractivity contribution in [3.63, 3.8) is 0 Å². The van der Waals surface area contributed by atoms with E-state index < -0.39 is 12.3 Å². The van der Waals surface area contributed by atoms with Crippen LogP contribution in [0.4, 0.5) is 13.2 Å². The zero-order chi connectivity index (χ0) is 18.4. The van der Waals surface area contributed by atoms with Crippen LogP contribution in [0.5, 0.6) is 5.75 Å². The van der Waals surface area contributed by atoms with E-state index in [4.69, 9.17) is 0 Å². The summed E-state index contributed by atoms with van der Waals surface area (Å²) in [6.45, 7) is 1.76. The SMILES string of the molecule is CC=CC=C(C(=O)[O-])c1ccc(-c2ccc(OC(F)(F)F)cc2)cc1. The monoisotopic (exact) mass is 347 g/mol. The summed E-state index contributed by atoms with van der Waals surface area (Å²) in [5.41, 5.74) is 1.91. The highest BCUT2D eigenvalue weighted by Gasteiger charge is 2.30. The Morgan fingerprint density at radius 2 is 1.52 bits per heavy atom. The highest BCUT2D eigenvalue weighted by Crippen LogP contribution is 2.27. The smallest absolute Gasteiger partial charge is 0.545 e. The third-order valence-electron chi connectivity index (χ3n) is 3.29. The van der Waals surface area contributed by atoms with Gasteiger partial charge < -0.3 is 14.6 Å². The van der Waals surface area contributed by atoms with Crippen molar-refractivity contribution >= 4 is 11.5 Å². The molecule has 0 radical (unpaired) electrons. The number of halogens is 3. The Bertz CT molecular complexity index is 786. The van der Waals surface area contributed by atoms with Crippen LogP contribution in [-0.4, -0.2) is 12.3 Å². The third-order valence-corrected chi connectivity index (χ3v) is 3.29. The number of carbonyl (C=O) groups excluding carboxylic acids is 1. The highest BCUT2D eigenvalue weighted by molar-refractivity contribution is 6.14. The van der Waals surface area contributed by atoms with E-state index in [-0.39, 0.29) is 11.3 Å². The van der Waals surface area contributed by atoms with Crippen molar-refractivity contribution in [2.45, 2.75) is 13.3 Å². The molecule has 3 nitrogen and oxygen atoms in total. The Kier molecular flexibility index (Phi) is 5.64. The number of carboxylic acid groups (broad SMARTS) is 1. The van der Waals surface area contributed by atoms with Crippen LogP contribution in [0.2, 0.25) is 0 Å². The third kappa shape index (κ3) is 5.24. The van der Waals surface area contributed by atoms with E-state index in [9.17, 15) is 23.1 Å². The van der Waals surface area contributed by atoms with Gasteiger partial charge in [0.25, 0.3) is 0 Å². The molecule has 0 saturated carbocycles. The summed E-state index contributed by atoms with van der Waals surface area (Å²) in [7, 11) is 0. The van der Waals surface area contributed by atoms with Crippen LogP contribution in [0.15, 0.2) is 66.8 Å². The fourth-order valence-corrected chi connectivity index (χ4v) is 2.17. The van der Waals surface area contributed by atoms with Crippen molar-refractivity contribution in [3.8, 4) is 16.9 Å². The molecular weight excluding hydrogens is 333 g/mol. The molecular formula is C19H14F3O3-. The fourth-order valence-electron chi connectivity index (χ4n) is 2.17. The first-order valence-corrected chi connectivity index (χ1v) is 7.31. The molecule has 130 valence electrons. The van der Waals surface area contributed by atoms with Gasteiger partial charge in [-0.1, -0.05) is 54.6 Å². The number of benzene rings is 2. The van der Waals surface area contributed by atoms with Crippen LogP contribution in [-0.2, 0) is 4.79 Å². The van der Waals surface area contributed by atoms with Crippen LogP contribution in [0.3, 0.4) is 0 Å². The van der Waals surface area contributed by atoms with Gasteiger partial charge in [0, 0.05) is 5.57 Å². The van der Waals surface area contributed by atoms with Gasteiger partial charge >= 0.3 is 6.36 Å². The molecule has 2 aromatic rings. The molecule has 2 aromatic carbocycles. The van der Waals surface area contributed by atoms with Crippen LogP contribution < -0.4 is 9.84 Å². The average molecular weight is 347 g/mol. The number of hydrogen-bond donors (Lipinski definition) is 0. The zero-order valence-electron chi connectivity index (χ0n) is 13.2. The molecule has 0 aromatic heterocycles. The van der Waals surface area contributed by atoms with Crippen LogP contribution in [0.25, 0.3) is 16.7 Å². The van der Waals surface area contributed by atoms with Crippen molar-refractivity contribution in [3.05, 3.63) is 72.3 Å². The van der Waals surface area contributed by atoms with Gasteiger partial charge in [-0.25, -0.2) is 0 Å². The molecule has 0 atom stereocenters. The van der Waals surface area contributed by atoms with E-state index in [2.05, 4.69) is 4.74 Å². The number of allylic oxidation sites excluding steroid dienone is 3. The summed E-state index contributed by atoms with van der Waals surface area (Å²) in [4.78, 5) is 11.2. The van der Waals surface area contributed by atoms with E-state index in [0.717, 1.165) is 5.56 Å². The molecule has 0 saturated heterocycles. The van der Waals surface area contributed by atoms with E-state index in [1.165, 1.54) is 30.3 Å². The normalized spacial score (nSPS) is 12.4. The van der Waals surface area contributed by atoms with Crippen molar-refractivity contribution in [1.82, 2.24) is 0 Å². The Labute approximate surface area is 142 Å². The molecule has 0 aliphatic rings. The maximum Gasteiger partial charge on any atom is 0.573 e. The standard InChI is InChI=1S/C19H15F3O3/c1-2-3-4-17(18(23)24)15-7-5-13(6-8-15)14-9-11-16(12-10-14)25-19(20,21)22/h2-12H,1H3,(H,23,24)/p-1. The summed E-state index contributed by atoms with van der Waals surface area (Å²) in [6, 6.07) is 12.0. The van der Waals surface area contributed by atoms with Crippen molar-refractivity contribution < 1.29 is 27.8 Å². The predicted molar refractivity (Wildman–Crippen MR) is 86.4 cm³/mol. The molecule has 0 fully saturated rings. The molecule has 0 amide bonds. The number of ether oxygens (including phenoxy) is 1. The molecule has 0 aliphatic carbocycles. The second-order valence-electron chi connectivity index (χ2n) is 5.04. The second kappa shape index (κ2) is 7.70. The molecule has 0 unspecified atom stereocenters. The minimum Gasteiger partial charge on any atom is -0.545 e. The van der Waals surface area contributed by atoms with Crippen LogP contribution in [0.1, 0.15) is 12.5 Å². The Morgan fingerprint density at radius 1 is 1.00 bits per heavy atom. The Morgan fingerprint density at radius 3 is 1.96 bits per heavy atom. The summed E-state index contributed by atoms with van der Waals surface area (Å²) >= 11 is 0. The minimum absolute atomic E-state index is 0.0403. The zero-order valence-corrected chi connectivity index (χ0v) is 13.2. The molecule has 6 heteroatoms. The lowest BCUT2D eigenvalue weighted by molar-refractivity contribution is -0.295. The van der Waals surface area contributed by atoms with Gasteiger partial charge in [0.05, 0.1) is 5.97 Å². The summed E-state index contributed by atoms with van der Waals surface area (Å²) < 4.78 is 40.3. The van der Waals surface area contributed by atoms with Gasteiger partial charge in [-0.3, -0.25) is 0 Å². The predicted octanol–water partition coefficient (Wildman–Crippen LogP) is 3.96. The Hall–Kier alpha value is -3.02. The van der Waals surface area contributed by atoms with E-state index in [0.29, 0.717) is 11.1 Å². The molecule has 25 heavy (non-hydrogen) atoms. The lowest BCUT2D eigenvalue weighted by Crippen LogP contribution is -2.23. The van der Waals surface area contributed by atoms with Crippen molar-refractivity contribution in [2.24, 2.45) is 0 Å². The maximum atomic E-state index is 12.2. The quantitative estimate of drug-likeness (QED) is 0.608. The summed E-state index contributed by atoms with van der Waals surface area (Å²) in [6.07, 6.45) is -0.00237. The van der Waals surface area contributed by atoms with Crippen LogP contribution >= 0.6 is 0 Å². The van der Waals surface area contributed by atoms with E-state index in [1.807, 2.05) is 0 Å². The number of alkyl halides is 3. The highest BCUT2D eigenvalue weighted by atomic mass is 19.4. The van der Waals surface area contributed by atoms with Gasteiger partial charge in [-0.05, 0) is 35.7 Å². The van der Waals surface area contributed by atoms with Crippen LogP contribution in [0, 0.1) is 0 Å². The second-order valence-corrected chi connectivity index (χ2v) is 5.04. The van der Waals surface area contributed by atoms with E-state index >= 15 is 0 Å². The molecule has 0 heterocycles. The van der Waals surface area contributed by atoms with Crippen molar-refractivity contribution in [2.75, 3.05) is 0 Å². The minimum atomic E-state index is -4.73. The number of rotatable bonds is 5. The molecule has 0 spiro atoms.